The average molecular weight is 277 g/mol. The lowest BCUT2D eigenvalue weighted by atomic mass is 10.2. The normalized spacial score (nSPS) is 14.4. The van der Waals surface area contributed by atoms with Crippen molar-refractivity contribution in [1.29, 1.82) is 0 Å². The Bertz CT molecular complexity index is 360. The van der Waals surface area contributed by atoms with Gasteiger partial charge in [0.2, 0.25) is 0 Å². The summed E-state index contributed by atoms with van der Waals surface area (Å²) in [6.45, 7) is 5.32. The van der Waals surface area contributed by atoms with E-state index >= 15 is 0 Å². The highest BCUT2D eigenvalue weighted by Gasteiger charge is 2.19. The Kier molecular flexibility index (Phi) is 6.89. The molecule has 1 aromatic carbocycles. The van der Waals surface area contributed by atoms with Gasteiger partial charge in [-0.05, 0) is 37.0 Å². The summed E-state index contributed by atoms with van der Waals surface area (Å²) >= 11 is 0. The van der Waals surface area contributed by atoms with Gasteiger partial charge in [0, 0.05) is 19.2 Å². The van der Waals surface area contributed by atoms with E-state index in [1.807, 2.05) is 12.1 Å². The zero-order valence-electron chi connectivity index (χ0n) is 12.6. The molecule has 1 fully saturated rings. The lowest BCUT2D eigenvalue weighted by Crippen LogP contribution is -2.15. The van der Waals surface area contributed by atoms with Crippen LogP contribution >= 0.6 is 0 Å². The van der Waals surface area contributed by atoms with E-state index in [9.17, 15) is 0 Å². The van der Waals surface area contributed by atoms with E-state index in [2.05, 4.69) is 24.4 Å². The van der Waals surface area contributed by atoms with Crippen LogP contribution in [0.25, 0.3) is 0 Å². The minimum Gasteiger partial charge on any atom is -0.491 e. The molecule has 20 heavy (non-hydrogen) atoms. The Morgan fingerprint density at radius 2 is 1.85 bits per heavy atom. The number of hydrogen-bond acceptors (Lipinski definition) is 3. The van der Waals surface area contributed by atoms with Gasteiger partial charge in [-0.2, -0.15) is 0 Å². The monoisotopic (exact) mass is 277 g/mol. The second-order valence-electron chi connectivity index (χ2n) is 5.47. The fourth-order valence-electron chi connectivity index (χ4n) is 2.03. The van der Waals surface area contributed by atoms with Gasteiger partial charge in [0.15, 0.2) is 0 Å². The zero-order valence-corrected chi connectivity index (χ0v) is 12.6. The van der Waals surface area contributed by atoms with Crippen molar-refractivity contribution in [3.8, 4) is 5.75 Å². The highest BCUT2D eigenvalue weighted by Crippen LogP contribution is 2.19. The van der Waals surface area contributed by atoms with Crippen LogP contribution in [0, 0.1) is 0 Å². The van der Waals surface area contributed by atoms with E-state index in [0.717, 1.165) is 31.4 Å². The van der Waals surface area contributed by atoms with Crippen LogP contribution in [-0.4, -0.2) is 25.9 Å². The Morgan fingerprint density at radius 1 is 1.05 bits per heavy atom. The maximum absolute atomic E-state index is 5.66. The molecule has 0 spiro atoms. The van der Waals surface area contributed by atoms with Crippen molar-refractivity contribution in [2.24, 2.45) is 0 Å². The molecule has 0 bridgehead atoms. The molecule has 1 saturated carbocycles. The molecule has 1 aliphatic rings. The molecule has 0 aromatic heterocycles. The smallest absolute Gasteiger partial charge is 0.119 e. The molecule has 1 N–H and O–H groups in total. The third kappa shape index (κ3) is 6.40. The first kappa shape index (κ1) is 15.3. The van der Waals surface area contributed by atoms with Gasteiger partial charge in [-0.1, -0.05) is 31.9 Å². The predicted molar refractivity (Wildman–Crippen MR) is 82.1 cm³/mol. The molecule has 0 saturated heterocycles. The third-order valence-corrected chi connectivity index (χ3v) is 3.48. The summed E-state index contributed by atoms with van der Waals surface area (Å²) < 4.78 is 11.2. The average Bonchev–Trinajstić information content (AvgIpc) is 3.30. The van der Waals surface area contributed by atoms with Crippen LogP contribution < -0.4 is 10.1 Å². The summed E-state index contributed by atoms with van der Waals surface area (Å²) in [5.74, 6) is 0.928. The van der Waals surface area contributed by atoms with Crippen molar-refractivity contribution in [2.75, 3.05) is 19.8 Å². The van der Waals surface area contributed by atoms with Crippen molar-refractivity contribution in [2.45, 2.75) is 51.6 Å². The van der Waals surface area contributed by atoms with Crippen molar-refractivity contribution >= 4 is 0 Å². The largest absolute Gasteiger partial charge is 0.491 e. The fraction of sp³-hybridized carbons (Fsp3) is 0.647. The van der Waals surface area contributed by atoms with Crippen molar-refractivity contribution in [3.05, 3.63) is 29.8 Å². The third-order valence-electron chi connectivity index (χ3n) is 3.48. The molecule has 1 aromatic rings. The molecule has 3 heteroatoms. The molecule has 3 nitrogen and oxygen atoms in total. The molecule has 2 rings (SSSR count). The summed E-state index contributed by atoms with van der Waals surface area (Å²) in [5, 5.41) is 3.51. The summed E-state index contributed by atoms with van der Waals surface area (Å²) in [7, 11) is 0. The quantitative estimate of drug-likeness (QED) is 0.628. The van der Waals surface area contributed by atoms with Crippen LogP contribution in [0.15, 0.2) is 24.3 Å². The summed E-state index contributed by atoms with van der Waals surface area (Å²) in [6, 6.07) is 9.11. The minimum atomic E-state index is 0.631. The molecular weight excluding hydrogens is 250 g/mol. The maximum Gasteiger partial charge on any atom is 0.119 e. The van der Waals surface area contributed by atoms with Crippen LogP contribution in [0.1, 0.15) is 44.6 Å². The Balaban J connectivity index is 1.53. The predicted octanol–water partition coefficient (Wildman–Crippen LogP) is 3.52. The van der Waals surface area contributed by atoms with E-state index in [1.165, 1.54) is 31.2 Å². The number of unbranched alkanes of at least 4 members (excludes halogenated alkanes) is 2. The van der Waals surface area contributed by atoms with Crippen LogP contribution in [0.3, 0.4) is 0 Å². The van der Waals surface area contributed by atoms with Crippen LogP contribution in [0.5, 0.6) is 5.75 Å². The van der Waals surface area contributed by atoms with Gasteiger partial charge >= 0.3 is 0 Å². The first-order valence-electron chi connectivity index (χ1n) is 7.91. The number of nitrogens with one attached hydrogen (secondary N) is 1. The van der Waals surface area contributed by atoms with Gasteiger partial charge in [0.1, 0.15) is 12.4 Å². The lowest BCUT2D eigenvalue weighted by Gasteiger charge is -2.08. The van der Waals surface area contributed by atoms with E-state index < -0.39 is 0 Å². The molecule has 112 valence electrons. The van der Waals surface area contributed by atoms with Crippen molar-refractivity contribution in [1.82, 2.24) is 5.32 Å². The topological polar surface area (TPSA) is 30.5 Å². The van der Waals surface area contributed by atoms with E-state index in [-0.39, 0.29) is 0 Å². The first-order valence-corrected chi connectivity index (χ1v) is 7.91. The van der Waals surface area contributed by atoms with Gasteiger partial charge in [0.05, 0.1) is 6.61 Å². The molecule has 0 radical (unpaired) electrons. The standard InChI is InChI=1S/C17H27NO2/c1-2-3-4-11-19-12-13-20-17-9-5-15(6-10-17)14-18-16-7-8-16/h5-6,9-10,16,18H,2-4,7-8,11-14H2,1H3. The maximum atomic E-state index is 5.66. The summed E-state index contributed by atoms with van der Waals surface area (Å²) in [4.78, 5) is 0. The summed E-state index contributed by atoms with van der Waals surface area (Å²) in [5.41, 5.74) is 1.32. The van der Waals surface area contributed by atoms with Gasteiger partial charge in [0.25, 0.3) is 0 Å². The second kappa shape index (κ2) is 8.98. The SMILES string of the molecule is CCCCCOCCOc1ccc(CNC2CC2)cc1. The van der Waals surface area contributed by atoms with Crippen molar-refractivity contribution in [3.63, 3.8) is 0 Å². The Morgan fingerprint density at radius 3 is 2.55 bits per heavy atom. The number of rotatable bonds is 11. The van der Waals surface area contributed by atoms with E-state index in [4.69, 9.17) is 9.47 Å². The zero-order chi connectivity index (χ0) is 14.0. The van der Waals surface area contributed by atoms with Gasteiger partial charge in [-0.25, -0.2) is 0 Å². The Labute approximate surface area is 122 Å². The Hall–Kier alpha value is -1.06. The minimum absolute atomic E-state index is 0.631. The van der Waals surface area contributed by atoms with Crippen molar-refractivity contribution < 1.29 is 9.47 Å². The van der Waals surface area contributed by atoms with E-state index in [0.29, 0.717) is 13.2 Å². The number of benzene rings is 1. The highest BCUT2D eigenvalue weighted by atomic mass is 16.5. The molecule has 0 aliphatic heterocycles. The number of hydrogen-bond donors (Lipinski definition) is 1. The first-order chi connectivity index (χ1) is 9.88. The molecule has 0 atom stereocenters. The molecule has 0 heterocycles. The molecule has 0 amide bonds. The van der Waals surface area contributed by atoms with Gasteiger partial charge in [-0.15, -0.1) is 0 Å². The number of ether oxygens (including phenoxy) is 2. The highest BCUT2D eigenvalue weighted by molar-refractivity contribution is 5.27. The van der Waals surface area contributed by atoms with Crippen LogP contribution in [0.2, 0.25) is 0 Å². The second-order valence-corrected chi connectivity index (χ2v) is 5.47. The molecule has 1 aliphatic carbocycles. The molecule has 0 unspecified atom stereocenters. The van der Waals surface area contributed by atoms with Gasteiger partial charge in [-0.3, -0.25) is 0 Å². The summed E-state index contributed by atoms with van der Waals surface area (Å²) in [6.07, 6.45) is 6.30. The van der Waals surface area contributed by atoms with Crippen LogP contribution in [0.4, 0.5) is 0 Å². The lowest BCUT2D eigenvalue weighted by molar-refractivity contribution is 0.0973. The molecular formula is C17H27NO2. The van der Waals surface area contributed by atoms with E-state index in [1.54, 1.807) is 0 Å². The fourth-order valence-corrected chi connectivity index (χ4v) is 2.03. The van der Waals surface area contributed by atoms with Gasteiger partial charge < -0.3 is 14.8 Å². The van der Waals surface area contributed by atoms with Crippen LogP contribution in [-0.2, 0) is 11.3 Å².